The molecule has 1 fully saturated rings. The fourth-order valence-electron chi connectivity index (χ4n) is 4.24. The molecule has 3 rings (SSSR count). The van der Waals surface area contributed by atoms with Crippen LogP contribution in [0.15, 0.2) is 24.3 Å². The van der Waals surface area contributed by atoms with Crippen LogP contribution in [-0.4, -0.2) is 87.3 Å². The Morgan fingerprint density at radius 1 is 0.902 bits per heavy atom. The normalized spacial score (nSPS) is 23.9. The van der Waals surface area contributed by atoms with Crippen molar-refractivity contribution < 1.29 is 52.5 Å². The number of alkyl halides is 3. The number of carbonyl (C=O) groups excluding carboxylic acids is 6. The van der Waals surface area contributed by atoms with E-state index in [9.17, 15) is 28.8 Å². The molecule has 0 unspecified atom stereocenters. The van der Waals surface area contributed by atoms with E-state index < -0.39 is 76.7 Å². The molecular weight excluding hydrogens is 611 g/mol. The Bertz CT molecular complexity index is 1230. The zero-order chi connectivity index (χ0) is 30.6. The highest BCUT2D eigenvalue weighted by Gasteiger charge is 2.58. The number of fused-ring (bicyclic) bond motifs is 1. The molecule has 0 aliphatic carbocycles. The molecule has 0 aromatic heterocycles. The van der Waals surface area contributed by atoms with Gasteiger partial charge >= 0.3 is 17.9 Å². The van der Waals surface area contributed by atoms with Crippen molar-refractivity contribution in [1.29, 1.82) is 5.41 Å². The van der Waals surface area contributed by atoms with Gasteiger partial charge in [-0.15, -0.1) is 0 Å². The molecule has 2 heterocycles. The molecule has 1 N–H and O–H groups in total. The molecule has 16 heteroatoms. The van der Waals surface area contributed by atoms with Crippen LogP contribution in [0.25, 0.3) is 0 Å². The van der Waals surface area contributed by atoms with Gasteiger partial charge in [-0.1, -0.05) is 46.9 Å². The number of benzene rings is 1. The number of ether oxygens (including phenoxy) is 5. The molecule has 5 atom stereocenters. The van der Waals surface area contributed by atoms with Crippen molar-refractivity contribution in [3.05, 3.63) is 35.4 Å². The van der Waals surface area contributed by atoms with E-state index in [4.69, 9.17) is 63.9 Å². The molecule has 41 heavy (non-hydrogen) atoms. The van der Waals surface area contributed by atoms with Crippen LogP contribution >= 0.6 is 34.8 Å². The summed E-state index contributed by atoms with van der Waals surface area (Å²) in [6, 6.07) is 4.16. The standard InChI is InChI=1S/C25H25Cl3N2O11/c1-11(31)8-9-17(34)37-10-16-19(38-12(2)32)20(39-13(3)33)18(23(40-16)41-24(29)25(26,27)28)30-21(35)14-6-4-5-7-15(14)22(30)36/h4-7,16,18-20,23,29H,8-10H2,1-3H3/t16-,18-,19-,20-,23+/m1/s1. The summed E-state index contributed by atoms with van der Waals surface area (Å²) < 4.78 is 24.9. The highest BCUT2D eigenvalue weighted by Crippen LogP contribution is 2.37. The van der Waals surface area contributed by atoms with E-state index in [-0.39, 0.29) is 29.8 Å². The average molecular weight is 636 g/mol. The number of carbonyl (C=O) groups is 6. The van der Waals surface area contributed by atoms with Crippen molar-refractivity contribution in [2.75, 3.05) is 6.61 Å². The SMILES string of the molecule is CC(=O)CCC(=O)OC[C@H]1O[C@@H](OC(=N)C(Cl)(Cl)Cl)[C@H](N2C(=O)c3ccccc3C2=O)[C@@H](OC(C)=O)[C@@H]1OC(C)=O. The van der Waals surface area contributed by atoms with Crippen molar-refractivity contribution in [1.82, 2.24) is 4.90 Å². The van der Waals surface area contributed by atoms with E-state index >= 15 is 0 Å². The third-order valence-electron chi connectivity index (χ3n) is 5.92. The summed E-state index contributed by atoms with van der Waals surface area (Å²) in [5, 5.41) is 8.07. The van der Waals surface area contributed by atoms with Crippen molar-refractivity contribution in [3.8, 4) is 0 Å². The molecule has 2 aliphatic rings. The van der Waals surface area contributed by atoms with Gasteiger partial charge in [0.25, 0.3) is 15.6 Å². The minimum absolute atomic E-state index is 0.0137. The molecule has 13 nitrogen and oxygen atoms in total. The average Bonchev–Trinajstić information content (AvgIpc) is 3.12. The third-order valence-corrected chi connectivity index (χ3v) is 6.44. The van der Waals surface area contributed by atoms with Gasteiger partial charge in [-0.25, -0.2) is 0 Å². The Kier molecular flexibility index (Phi) is 10.3. The number of esters is 3. The van der Waals surface area contributed by atoms with Crippen LogP contribution in [0.4, 0.5) is 0 Å². The number of rotatable bonds is 9. The van der Waals surface area contributed by atoms with Gasteiger partial charge in [-0.2, -0.15) is 0 Å². The van der Waals surface area contributed by atoms with E-state index in [0.29, 0.717) is 4.90 Å². The largest absolute Gasteiger partial charge is 0.463 e. The van der Waals surface area contributed by atoms with Crippen LogP contribution in [0.3, 0.4) is 0 Å². The first-order chi connectivity index (χ1) is 19.1. The number of nitrogens with one attached hydrogen (secondary N) is 1. The quantitative estimate of drug-likeness (QED) is 0.105. The maximum Gasteiger partial charge on any atom is 0.306 e. The molecular formula is C25H25Cl3N2O11. The van der Waals surface area contributed by atoms with Gasteiger partial charge in [0, 0.05) is 20.3 Å². The summed E-state index contributed by atoms with van der Waals surface area (Å²) in [6.45, 7) is 2.73. The summed E-state index contributed by atoms with van der Waals surface area (Å²) in [6.07, 6.45) is -6.87. The van der Waals surface area contributed by atoms with Crippen LogP contribution in [0.1, 0.15) is 54.3 Å². The number of imide groups is 1. The highest BCUT2D eigenvalue weighted by molar-refractivity contribution is 6.76. The number of amides is 2. The maximum atomic E-state index is 13.4. The first kappa shape index (κ1) is 32.3. The predicted molar refractivity (Wildman–Crippen MR) is 140 cm³/mol. The molecule has 0 spiro atoms. The van der Waals surface area contributed by atoms with Crippen LogP contribution < -0.4 is 0 Å². The van der Waals surface area contributed by atoms with Gasteiger partial charge < -0.3 is 28.5 Å². The third kappa shape index (κ3) is 7.73. The predicted octanol–water partition coefficient (Wildman–Crippen LogP) is 2.52. The zero-order valence-corrected chi connectivity index (χ0v) is 24.2. The molecule has 1 saturated heterocycles. The Morgan fingerprint density at radius 3 is 1.93 bits per heavy atom. The van der Waals surface area contributed by atoms with E-state index in [1.54, 1.807) is 0 Å². The van der Waals surface area contributed by atoms with Crippen molar-refractivity contribution in [2.24, 2.45) is 0 Å². The second-order valence-corrected chi connectivity index (χ2v) is 11.3. The number of ketones is 1. The number of hydrogen-bond donors (Lipinski definition) is 1. The van der Waals surface area contributed by atoms with Gasteiger partial charge in [0.2, 0.25) is 12.2 Å². The minimum Gasteiger partial charge on any atom is -0.463 e. The van der Waals surface area contributed by atoms with Gasteiger partial charge in [0.05, 0.1) is 17.5 Å². The fraction of sp³-hybridized carbons (Fsp3) is 0.480. The van der Waals surface area contributed by atoms with Gasteiger partial charge in [-0.3, -0.25) is 34.3 Å². The molecule has 0 bridgehead atoms. The summed E-state index contributed by atoms with van der Waals surface area (Å²) in [5.41, 5.74) is 0.0275. The Labute approximate surface area is 248 Å². The van der Waals surface area contributed by atoms with E-state index in [0.717, 1.165) is 13.8 Å². The van der Waals surface area contributed by atoms with Crippen molar-refractivity contribution in [2.45, 2.75) is 68.0 Å². The number of hydrogen-bond acceptors (Lipinski definition) is 12. The molecule has 222 valence electrons. The van der Waals surface area contributed by atoms with Crippen LogP contribution in [0.2, 0.25) is 0 Å². The summed E-state index contributed by atoms with van der Waals surface area (Å²) in [7, 11) is 0. The Balaban J connectivity index is 2.08. The van der Waals surface area contributed by atoms with Gasteiger partial charge in [0.1, 0.15) is 24.5 Å². The van der Waals surface area contributed by atoms with E-state index in [1.807, 2.05) is 0 Å². The van der Waals surface area contributed by atoms with E-state index in [1.165, 1.54) is 31.2 Å². The number of Topliss-reactive ketones (excluding diaryl/α,β-unsaturated/α-hetero) is 1. The van der Waals surface area contributed by atoms with Crippen LogP contribution in [0.5, 0.6) is 0 Å². The maximum absolute atomic E-state index is 13.4. The van der Waals surface area contributed by atoms with Gasteiger partial charge in [-0.05, 0) is 19.1 Å². The zero-order valence-electron chi connectivity index (χ0n) is 21.9. The molecule has 0 radical (unpaired) electrons. The summed E-state index contributed by atoms with van der Waals surface area (Å²) in [5.74, 6) is -5.50. The summed E-state index contributed by atoms with van der Waals surface area (Å²) in [4.78, 5) is 75.3. The smallest absolute Gasteiger partial charge is 0.306 e. The molecule has 1 aromatic carbocycles. The molecule has 2 aliphatic heterocycles. The summed E-state index contributed by atoms with van der Waals surface area (Å²) >= 11 is 17.4. The minimum atomic E-state index is -2.42. The number of halogens is 3. The lowest BCUT2D eigenvalue weighted by atomic mass is 9.94. The van der Waals surface area contributed by atoms with Crippen LogP contribution in [-0.2, 0) is 42.9 Å². The first-order valence-electron chi connectivity index (χ1n) is 12.1. The lowest BCUT2D eigenvalue weighted by Gasteiger charge is -2.47. The molecule has 0 saturated carbocycles. The second-order valence-electron chi connectivity index (χ2n) is 9.04. The lowest BCUT2D eigenvalue weighted by molar-refractivity contribution is -0.268. The van der Waals surface area contributed by atoms with Gasteiger partial charge in [0.15, 0.2) is 12.2 Å². The fourth-order valence-corrected chi connectivity index (χ4v) is 4.37. The highest BCUT2D eigenvalue weighted by atomic mass is 35.6. The first-order valence-corrected chi connectivity index (χ1v) is 13.2. The monoisotopic (exact) mass is 634 g/mol. The second kappa shape index (κ2) is 13.1. The number of nitrogens with zero attached hydrogens (tertiary/aromatic N) is 1. The molecule has 2 amide bonds. The van der Waals surface area contributed by atoms with Crippen LogP contribution in [0, 0.1) is 5.41 Å². The Hall–Kier alpha value is -3.26. The lowest BCUT2D eigenvalue weighted by Crippen LogP contribution is -2.68. The van der Waals surface area contributed by atoms with E-state index in [2.05, 4.69) is 0 Å². The topological polar surface area (TPSA) is 176 Å². The van der Waals surface area contributed by atoms with Crippen molar-refractivity contribution >= 4 is 76.2 Å². The Morgan fingerprint density at radius 2 is 1.44 bits per heavy atom. The molecule has 1 aromatic rings. The van der Waals surface area contributed by atoms with Crippen molar-refractivity contribution in [3.63, 3.8) is 0 Å².